The molecule has 10 heavy (non-hydrogen) atoms. The zero-order valence-electron chi connectivity index (χ0n) is 5.02. The molecule has 0 aliphatic carbocycles. The van der Waals surface area contributed by atoms with E-state index >= 15 is 0 Å². The molecule has 4 heteroatoms. The van der Waals surface area contributed by atoms with Crippen molar-refractivity contribution in [1.29, 1.82) is 0 Å². The predicted molar refractivity (Wildman–Crippen MR) is 60.6 cm³/mol. The predicted octanol–water partition coefficient (Wildman–Crippen LogP) is 2.90. The molecular formula is C6H5BrClISi. The average molecular weight is 347 g/mol. The number of hydrogen-bond donors (Lipinski definition) is 0. The molecule has 0 amide bonds. The van der Waals surface area contributed by atoms with Crippen LogP contribution < -0.4 is 5.19 Å². The second-order valence-corrected chi connectivity index (χ2v) is 21.3. The van der Waals surface area contributed by atoms with Crippen molar-refractivity contribution in [3.63, 3.8) is 0 Å². The highest BCUT2D eigenvalue weighted by atomic mass is 127. The molecule has 0 fully saturated rings. The van der Waals surface area contributed by atoms with Gasteiger partial charge in [0.2, 0.25) is 0 Å². The molecule has 0 heterocycles. The van der Waals surface area contributed by atoms with Crippen LogP contribution in [0.5, 0.6) is 0 Å². The van der Waals surface area contributed by atoms with E-state index in [-0.39, 0.29) is 0 Å². The fourth-order valence-corrected chi connectivity index (χ4v) is 3.45. The first-order chi connectivity index (χ1) is 4.61. The molecule has 0 N–H and O–H groups in total. The molecule has 1 aromatic carbocycles. The van der Waals surface area contributed by atoms with Crippen LogP contribution >= 0.6 is 48.2 Å². The Labute approximate surface area is 86.5 Å². The lowest BCUT2D eigenvalue weighted by Gasteiger charge is -2.07. The van der Waals surface area contributed by atoms with Gasteiger partial charge < -0.3 is 0 Å². The topological polar surface area (TPSA) is 0 Å². The summed E-state index contributed by atoms with van der Waals surface area (Å²) in [6.45, 7) is 0. The van der Waals surface area contributed by atoms with Crippen LogP contribution in [0.4, 0.5) is 0 Å². The van der Waals surface area contributed by atoms with E-state index in [9.17, 15) is 0 Å². The molecular weight excluding hydrogens is 342 g/mol. The van der Waals surface area contributed by atoms with E-state index in [0.717, 1.165) is 0 Å². The van der Waals surface area contributed by atoms with Gasteiger partial charge in [-0.2, -0.15) is 0 Å². The van der Waals surface area contributed by atoms with Crippen molar-refractivity contribution < 1.29 is 0 Å². The number of halogens is 3. The minimum Gasteiger partial charge on any atom is -0.132 e. The SMILES string of the molecule is Cl[Si](Br)(I)c1ccccc1. The zero-order chi connectivity index (χ0) is 7.61. The average Bonchev–Trinajstić information content (AvgIpc) is 1.88. The molecule has 0 aliphatic heterocycles. The summed E-state index contributed by atoms with van der Waals surface area (Å²) >= 11 is 11.8. The van der Waals surface area contributed by atoms with Crippen LogP contribution in [0.1, 0.15) is 0 Å². The maximum Gasteiger partial charge on any atom is 0.318 e. The number of hydrogen-bond acceptors (Lipinski definition) is 0. The molecule has 0 saturated heterocycles. The second-order valence-electron chi connectivity index (χ2n) is 1.86. The number of benzene rings is 1. The maximum absolute atomic E-state index is 6.10. The summed E-state index contributed by atoms with van der Waals surface area (Å²) < 4.78 is -1.78. The first kappa shape index (κ1) is 9.03. The van der Waals surface area contributed by atoms with Gasteiger partial charge in [-0.3, -0.25) is 0 Å². The Bertz CT molecular complexity index is 209. The summed E-state index contributed by atoms with van der Waals surface area (Å²) in [6, 6.07) is 10.1. The third-order valence-electron chi connectivity index (χ3n) is 1.10. The van der Waals surface area contributed by atoms with Crippen molar-refractivity contribution in [2.45, 2.75) is 0 Å². The molecule has 0 nitrogen and oxygen atoms in total. The molecule has 1 aromatic rings. The Balaban J connectivity index is 2.97. The van der Waals surface area contributed by atoms with Crippen molar-refractivity contribution in [2.24, 2.45) is 0 Å². The van der Waals surface area contributed by atoms with Crippen LogP contribution in [-0.2, 0) is 0 Å². The fourth-order valence-electron chi connectivity index (χ4n) is 0.627. The standard InChI is InChI=1S/C6H5BrClISi/c7-10(8,9)6-4-2-1-3-5-6/h1-5H. The van der Waals surface area contributed by atoms with Gasteiger partial charge >= 0.3 is 3.50 Å². The molecule has 0 aliphatic rings. The molecule has 0 aromatic heterocycles. The molecule has 54 valence electrons. The van der Waals surface area contributed by atoms with Gasteiger partial charge in [-0.15, -0.1) is 11.1 Å². The largest absolute Gasteiger partial charge is 0.318 e. The van der Waals surface area contributed by atoms with Gasteiger partial charge in [-0.25, -0.2) is 0 Å². The Morgan fingerprint density at radius 1 is 1.30 bits per heavy atom. The van der Waals surface area contributed by atoms with Crippen LogP contribution in [-0.4, -0.2) is 3.50 Å². The normalized spacial score (nSPS) is 16.3. The minimum absolute atomic E-state index is 1.21. The van der Waals surface area contributed by atoms with E-state index in [1.165, 1.54) is 5.19 Å². The van der Waals surface area contributed by atoms with Crippen LogP contribution in [0, 0.1) is 0 Å². The molecule has 1 unspecified atom stereocenters. The smallest absolute Gasteiger partial charge is 0.132 e. The Kier molecular flexibility index (Phi) is 3.21. The van der Waals surface area contributed by atoms with Gasteiger partial charge in [0, 0.05) is 0 Å². The summed E-state index contributed by atoms with van der Waals surface area (Å²) in [6.07, 6.45) is 0. The monoisotopic (exact) mass is 346 g/mol. The first-order valence-electron chi connectivity index (χ1n) is 2.73. The lowest BCUT2D eigenvalue weighted by molar-refractivity contribution is 1.77. The minimum atomic E-state index is -1.78. The fraction of sp³-hybridized carbons (Fsp3) is 0. The molecule has 1 atom stereocenters. The van der Waals surface area contributed by atoms with E-state index in [1.807, 2.05) is 30.3 Å². The zero-order valence-corrected chi connectivity index (χ0v) is 10.5. The third kappa shape index (κ3) is 2.52. The van der Waals surface area contributed by atoms with E-state index in [0.29, 0.717) is 0 Å². The Morgan fingerprint density at radius 3 is 2.10 bits per heavy atom. The van der Waals surface area contributed by atoms with Crippen LogP contribution in [0.25, 0.3) is 0 Å². The van der Waals surface area contributed by atoms with Crippen LogP contribution in [0.15, 0.2) is 30.3 Å². The van der Waals surface area contributed by atoms with Gasteiger partial charge in [-0.1, -0.05) is 67.4 Å². The maximum atomic E-state index is 6.10. The van der Waals surface area contributed by atoms with Crippen molar-refractivity contribution in [2.75, 3.05) is 0 Å². The van der Waals surface area contributed by atoms with Crippen molar-refractivity contribution in [1.82, 2.24) is 0 Å². The quantitative estimate of drug-likeness (QED) is 0.416. The highest BCUT2D eigenvalue weighted by Gasteiger charge is 2.24. The molecule has 0 saturated carbocycles. The molecule has 0 spiro atoms. The molecule has 0 radical (unpaired) electrons. The van der Waals surface area contributed by atoms with Crippen LogP contribution in [0.2, 0.25) is 0 Å². The van der Waals surface area contributed by atoms with E-state index in [2.05, 4.69) is 37.1 Å². The Hall–Kier alpha value is 0.937. The van der Waals surface area contributed by atoms with E-state index in [1.54, 1.807) is 0 Å². The highest BCUT2D eigenvalue weighted by Crippen LogP contribution is 2.24. The van der Waals surface area contributed by atoms with Gasteiger partial charge in [0.05, 0.1) is 0 Å². The second kappa shape index (κ2) is 3.56. The van der Waals surface area contributed by atoms with E-state index < -0.39 is 3.50 Å². The van der Waals surface area contributed by atoms with E-state index in [4.69, 9.17) is 11.1 Å². The van der Waals surface area contributed by atoms with Crippen LogP contribution in [0.3, 0.4) is 0 Å². The molecule has 0 bridgehead atoms. The van der Waals surface area contributed by atoms with Crippen molar-refractivity contribution >= 4 is 56.9 Å². The summed E-state index contributed by atoms with van der Waals surface area (Å²) in [5.41, 5.74) is 0. The molecule has 1 rings (SSSR count). The Morgan fingerprint density at radius 2 is 1.80 bits per heavy atom. The third-order valence-corrected chi connectivity index (χ3v) is 5.99. The van der Waals surface area contributed by atoms with Gasteiger partial charge in [0.25, 0.3) is 0 Å². The van der Waals surface area contributed by atoms with Gasteiger partial charge in [0.1, 0.15) is 0 Å². The van der Waals surface area contributed by atoms with Gasteiger partial charge in [0.15, 0.2) is 0 Å². The summed E-state index contributed by atoms with van der Waals surface area (Å²) in [7, 11) is 0. The number of rotatable bonds is 1. The highest BCUT2D eigenvalue weighted by molar-refractivity contribution is 14.1. The summed E-state index contributed by atoms with van der Waals surface area (Å²) in [4.78, 5) is 0. The summed E-state index contributed by atoms with van der Waals surface area (Å²) in [5, 5.41) is 1.21. The van der Waals surface area contributed by atoms with Crippen molar-refractivity contribution in [3.8, 4) is 0 Å². The lowest BCUT2D eigenvalue weighted by Crippen LogP contribution is -2.27. The lowest BCUT2D eigenvalue weighted by atomic mass is 10.4. The van der Waals surface area contributed by atoms with Crippen molar-refractivity contribution in [3.05, 3.63) is 30.3 Å². The van der Waals surface area contributed by atoms with Gasteiger partial charge in [-0.05, 0) is 5.19 Å². The first-order valence-corrected chi connectivity index (χ1v) is 11.1. The summed E-state index contributed by atoms with van der Waals surface area (Å²) in [5.74, 6) is 0.